The van der Waals surface area contributed by atoms with Crippen molar-refractivity contribution in [3.8, 4) is 0 Å². The zero-order valence-electron chi connectivity index (χ0n) is 8.20. The molecule has 0 radical (unpaired) electrons. The molecule has 1 aliphatic heterocycles. The van der Waals surface area contributed by atoms with E-state index in [0.29, 0.717) is 5.41 Å². The molecule has 76 valence electrons. The van der Waals surface area contributed by atoms with Gasteiger partial charge in [0.2, 0.25) is 0 Å². The fraction of sp³-hybridized carbons (Fsp3) is 0.636. The highest BCUT2D eigenvalue weighted by Gasteiger charge is 2.40. The normalized spacial score (nSPS) is 30.9. The maximum absolute atomic E-state index is 6.14. The van der Waals surface area contributed by atoms with Gasteiger partial charge >= 0.3 is 0 Å². The van der Waals surface area contributed by atoms with Crippen LogP contribution in [-0.4, -0.2) is 18.1 Å². The average molecular weight is 211 g/mol. The van der Waals surface area contributed by atoms with E-state index in [4.69, 9.17) is 11.6 Å². The van der Waals surface area contributed by atoms with E-state index < -0.39 is 0 Å². The van der Waals surface area contributed by atoms with Gasteiger partial charge in [-0.1, -0.05) is 11.6 Å². The number of halogens is 1. The van der Waals surface area contributed by atoms with Crippen molar-refractivity contribution in [1.29, 1.82) is 0 Å². The SMILES string of the molecule is Clc1[nH]cc2c1CCCC21CCNC1. The van der Waals surface area contributed by atoms with Gasteiger partial charge < -0.3 is 10.3 Å². The average Bonchev–Trinajstić information content (AvgIpc) is 2.77. The summed E-state index contributed by atoms with van der Waals surface area (Å²) in [6, 6.07) is 0. The zero-order valence-corrected chi connectivity index (χ0v) is 8.95. The molecule has 3 rings (SSSR count). The molecule has 2 aliphatic rings. The lowest BCUT2D eigenvalue weighted by Gasteiger charge is -2.33. The summed E-state index contributed by atoms with van der Waals surface area (Å²) < 4.78 is 0. The molecule has 1 aromatic rings. The zero-order chi connectivity index (χ0) is 9.60. The van der Waals surface area contributed by atoms with Crippen LogP contribution in [0.1, 0.15) is 30.4 Å². The van der Waals surface area contributed by atoms with Crippen molar-refractivity contribution in [3.63, 3.8) is 0 Å². The second-order valence-corrected chi connectivity index (χ2v) is 4.93. The van der Waals surface area contributed by atoms with Crippen LogP contribution in [0.4, 0.5) is 0 Å². The molecule has 2 heterocycles. The first-order valence-electron chi connectivity index (χ1n) is 5.39. The molecule has 0 bridgehead atoms. The highest BCUT2D eigenvalue weighted by atomic mass is 35.5. The third-order valence-electron chi connectivity index (χ3n) is 3.83. The van der Waals surface area contributed by atoms with Crippen molar-refractivity contribution in [1.82, 2.24) is 10.3 Å². The third kappa shape index (κ3) is 1.07. The van der Waals surface area contributed by atoms with E-state index >= 15 is 0 Å². The van der Waals surface area contributed by atoms with Crippen molar-refractivity contribution in [2.24, 2.45) is 0 Å². The van der Waals surface area contributed by atoms with Gasteiger partial charge in [-0.2, -0.15) is 0 Å². The minimum Gasteiger partial charge on any atom is -0.352 e. The highest BCUT2D eigenvalue weighted by Crippen LogP contribution is 2.43. The molecule has 1 saturated heterocycles. The quantitative estimate of drug-likeness (QED) is 0.676. The lowest BCUT2D eigenvalue weighted by molar-refractivity contribution is 0.395. The van der Waals surface area contributed by atoms with Crippen molar-refractivity contribution in [2.75, 3.05) is 13.1 Å². The first-order valence-corrected chi connectivity index (χ1v) is 5.77. The van der Waals surface area contributed by atoms with Gasteiger partial charge in [-0.25, -0.2) is 0 Å². The van der Waals surface area contributed by atoms with Crippen LogP contribution in [0.15, 0.2) is 6.20 Å². The molecule has 1 atom stereocenters. The van der Waals surface area contributed by atoms with Crippen LogP contribution in [0.3, 0.4) is 0 Å². The molecule has 0 amide bonds. The number of H-pyrrole nitrogens is 1. The summed E-state index contributed by atoms with van der Waals surface area (Å²) in [5, 5.41) is 4.34. The second-order valence-electron chi connectivity index (χ2n) is 4.56. The molecule has 0 saturated carbocycles. The third-order valence-corrected chi connectivity index (χ3v) is 4.17. The first kappa shape index (κ1) is 8.81. The Bertz CT molecular complexity index is 350. The van der Waals surface area contributed by atoms with Crippen LogP contribution in [0, 0.1) is 0 Å². The predicted molar refractivity (Wildman–Crippen MR) is 57.9 cm³/mol. The Kier molecular flexibility index (Phi) is 1.89. The first-order chi connectivity index (χ1) is 6.82. The van der Waals surface area contributed by atoms with Gasteiger partial charge in [-0.15, -0.1) is 0 Å². The van der Waals surface area contributed by atoms with E-state index in [9.17, 15) is 0 Å². The van der Waals surface area contributed by atoms with Crippen LogP contribution in [0.5, 0.6) is 0 Å². The Hall–Kier alpha value is -0.470. The summed E-state index contributed by atoms with van der Waals surface area (Å²) >= 11 is 6.14. The molecular weight excluding hydrogens is 196 g/mol. The number of aromatic nitrogens is 1. The smallest absolute Gasteiger partial charge is 0.109 e. The summed E-state index contributed by atoms with van der Waals surface area (Å²) in [6.07, 6.45) is 7.16. The Morgan fingerprint density at radius 1 is 1.36 bits per heavy atom. The lowest BCUT2D eigenvalue weighted by Crippen LogP contribution is -2.32. The van der Waals surface area contributed by atoms with Crippen LogP contribution < -0.4 is 5.32 Å². The minimum atomic E-state index is 0.400. The van der Waals surface area contributed by atoms with Gasteiger partial charge in [0.25, 0.3) is 0 Å². The maximum Gasteiger partial charge on any atom is 0.109 e. The molecule has 1 fully saturated rings. The Morgan fingerprint density at radius 3 is 3.07 bits per heavy atom. The summed E-state index contributed by atoms with van der Waals surface area (Å²) in [6.45, 7) is 2.29. The topological polar surface area (TPSA) is 27.8 Å². The van der Waals surface area contributed by atoms with Gasteiger partial charge in [-0.05, 0) is 43.4 Å². The fourth-order valence-electron chi connectivity index (χ4n) is 3.07. The number of aromatic amines is 1. The molecule has 2 N–H and O–H groups in total. The predicted octanol–water partition coefficient (Wildman–Crippen LogP) is 2.24. The molecular formula is C11H15ClN2. The number of hydrogen-bond donors (Lipinski definition) is 2. The Balaban J connectivity index is 2.10. The van der Waals surface area contributed by atoms with E-state index in [1.165, 1.54) is 30.4 Å². The summed E-state index contributed by atoms with van der Waals surface area (Å²) in [5.74, 6) is 0. The molecule has 3 heteroatoms. The van der Waals surface area contributed by atoms with Crippen molar-refractivity contribution in [2.45, 2.75) is 31.1 Å². The van der Waals surface area contributed by atoms with E-state index in [1.807, 2.05) is 0 Å². The summed E-state index contributed by atoms with van der Waals surface area (Å²) in [5.41, 5.74) is 3.26. The molecule has 1 unspecified atom stereocenters. The summed E-state index contributed by atoms with van der Waals surface area (Å²) in [4.78, 5) is 3.17. The molecule has 1 aromatic heterocycles. The lowest BCUT2D eigenvalue weighted by atomic mass is 9.71. The van der Waals surface area contributed by atoms with E-state index in [-0.39, 0.29) is 0 Å². The molecule has 1 spiro atoms. The van der Waals surface area contributed by atoms with Crippen LogP contribution in [0.2, 0.25) is 5.15 Å². The number of fused-ring (bicyclic) bond motifs is 2. The van der Waals surface area contributed by atoms with Gasteiger partial charge in [0.05, 0.1) is 0 Å². The Labute approximate surface area is 89.0 Å². The number of rotatable bonds is 0. The van der Waals surface area contributed by atoms with Crippen molar-refractivity contribution < 1.29 is 0 Å². The number of nitrogens with one attached hydrogen (secondary N) is 2. The van der Waals surface area contributed by atoms with Crippen LogP contribution in [0.25, 0.3) is 0 Å². The van der Waals surface area contributed by atoms with Gasteiger partial charge in [0, 0.05) is 18.2 Å². The van der Waals surface area contributed by atoms with Crippen molar-refractivity contribution >= 4 is 11.6 Å². The van der Waals surface area contributed by atoms with E-state index in [0.717, 1.165) is 24.7 Å². The van der Waals surface area contributed by atoms with E-state index in [1.54, 1.807) is 0 Å². The van der Waals surface area contributed by atoms with Gasteiger partial charge in [0.1, 0.15) is 5.15 Å². The molecule has 1 aliphatic carbocycles. The monoisotopic (exact) mass is 210 g/mol. The largest absolute Gasteiger partial charge is 0.352 e. The standard InChI is InChI=1S/C11H15ClN2/c12-10-8-2-1-3-11(4-5-13-7-11)9(8)6-14-10/h6,13-14H,1-5,7H2. The minimum absolute atomic E-state index is 0.400. The highest BCUT2D eigenvalue weighted by molar-refractivity contribution is 6.30. The van der Waals surface area contributed by atoms with Crippen LogP contribution >= 0.6 is 11.6 Å². The molecule has 2 nitrogen and oxygen atoms in total. The number of hydrogen-bond acceptors (Lipinski definition) is 1. The fourth-order valence-corrected chi connectivity index (χ4v) is 3.32. The molecule has 0 aromatic carbocycles. The van der Waals surface area contributed by atoms with Gasteiger partial charge in [0.15, 0.2) is 0 Å². The Morgan fingerprint density at radius 2 is 2.29 bits per heavy atom. The summed E-state index contributed by atoms with van der Waals surface area (Å²) in [7, 11) is 0. The molecule has 14 heavy (non-hydrogen) atoms. The maximum atomic E-state index is 6.14. The van der Waals surface area contributed by atoms with E-state index in [2.05, 4.69) is 16.5 Å². The van der Waals surface area contributed by atoms with Crippen molar-refractivity contribution in [3.05, 3.63) is 22.5 Å². The van der Waals surface area contributed by atoms with Crippen LogP contribution in [-0.2, 0) is 11.8 Å². The van der Waals surface area contributed by atoms with Gasteiger partial charge in [-0.3, -0.25) is 0 Å². The second kappa shape index (κ2) is 3.01.